The van der Waals surface area contributed by atoms with Crippen LogP contribution in [0.4, 0.5) is 21.0 Å². The summed E-state index contributed by atoms with van der Waals surface area (Å²) in [6.07, 6.45) is 0.440. The third kappa shape index (κ3) is 9.32. The minimum atomic E-state index is -0.890. The molecule has 0 aliphatic carbocycles. The molecule has 0 saturated heterocycles. The molecule has 46 heavy (non-hydrogen) atoms. The summed E-state index contributed by atoms with van der Waals surface area (Å²) in [7, 11) is 0. The topological polar surface area (TPSA) is 129 Å². The molecule has 5 amide bonds. The van der Waals surface area contributed by atoms with E-state index in [2.05, 4.69) is 21.3 Å². The zero-order valence-corrected chi connectivity index (χ0v) is 27.5. The molecule has 0 radical (unpaired) electrons. The molecule has 0 bridgehead atoms. The van der Waals surface area contributed by atoms with Crippen LogP contribution in [0.3, 0.4) is 0 Å². The second kappa shape index (κ2) is 14.5. The van der Waals surface area contributed by atoms with Crippen molar-refractivity contribution in [2.24, 2.45) is 0 Å². The number of rotatable bonds is 9. The summed E-state index contributed by atoms with van der Waals surface area (Å²) >= 11 is 0. The summed E-state index contributed by atoms with van der Waals surface area (Å²) < 4.78 is 5.35. The minimum absolute atomic E-state index is 0.0269. The highest BCUT2D eigenvalue weighted by atomic mass is 16.6. The summed E-state index contributed by atoms with van der Waals surface area (Å²) in [6.45, 7) is 11.5. The first kappa shape index (κ1) is 34.0. The smallest absolute Gasteiger partial charge is 0.408 e. The van der Waals surface area contributed by atoms with E-state index in [1.165, 1.54) is 0 Å². The monoisotopic (exact) mass is 627 g/mol. The summed E-state index contributed by atoms with van der Waals surface area (Å²) in [4.78, 5) is 53.4. The molecule has 3 aromatic carbocycles. The molecule has 4 rings (SSSR count). The van der Waals surface area contributed by atoms with Crippen LogP contribution in [0, 0.1) is 0 Å². The standard InChI is InChI=1S/C36H45N5O5/c1-7-37-33(44)39-28-14-10-9-13-27(28)25-18-16-24(17-19-25)23-41-30-15-11-8-12-26(30)20-21-29(32(41)43)38-31(42)22-36(5,6)40-34(45)46-35(2,3)4/h8-19,29H,7,20-23H2,1-6H3,(H,38,42)(H,40,45)(H2,37,39,44)/t29-/m1/s1. The Hall–Kier alpha value is -4.86. The number of alkyl carbamates (subject to hydrolysis) is 1. The van der Waals surface area contributed by atoms with Crippen molar-refractivity contribution in [3.05, 3.63) is 83.9 Å². The number of amides is 5. The second-order valence-corrected chi connectivity index (χ2v) is 13.1. The van der Waals surface area contributed by atoms with Crippen LogP contribution < -0.4 is 26.2 Å². The number of fused-ring (bicyclic) bond motifs is 1. The van der Waals surface area contributed by atoms with Gasteiger partial charge in [-0.25, -0.2) is 9.59 Å². The Morgan fingerprint density at radius 2 is 1.59 bits per heavy atom. The number of ether oxygens (including phenoxy) is 1. The fourth-order valence-electron chi connectivity index (χ4n) is 5.43. The molecule has 0 saturated carbocycles. The number of nitrogens with one attached hydrogen (secondary N) is 4. The highest BCUT2D eigenvalue weighted by Gasteiger charge is 2.33. The van der Waals surface area contributed by atoms with Gasteiger partial charge in [-0.05, 0) is 83.2 Å². The molecule has 10 nitrogen and oxygen atoms in total. The van der Waals surface area contributed by atoms with Gasteiger partial charge in [0.2, 0.25) is 11.8 Å². The molecular weight excluding hydrogens is 582 g/mol. The highest BCUT2D eigenvalue weighted by Crippen LogP contribution is 2.31. The summed E-state index contributed by atoms with van der Waals surface area (Å²) in [5.74, 6) is -0.536. The van der Waals surface area contributed by atoms with E-state index in [1.807, 2.05) is 79.7 Å². The van der Waals surface area contributed by atoms with E-state index in [1.54, 1.807) is 39.5 Å². The van der Waals surface area contributed by atoms with Crippen LogP contribution in [0.2, 0.25) is 0 Å². The summed E-state index contributed by atoms with van der Waals surface area (Å²) in [6, 6.07) is 22.3. The van der Waals surface area contributed by atoms with Crippen LogP contribution in [0.25, 0.3) is 11.1 Å². The Bertz CT molecular complexity index is 1560. The van der Waals surface area contributed by atoms with Crippen LogP contribution in [0.5, 0.6) is 0 Å². The van der Waals surface area contributed by atoms with Crippen molar-refractivity contribution in [1.29, 1.82) is 0 Å². The number of para-hydroxylation sites is 2. The number of aryl methyl sites for hydroxylation is 1. The molecule has 0 spiro atoms. The molecule has 10 heteroatoms. The average Bonchev–Trinajstić information content (AvgIpc) is 3.09. The summed E-state index contributed by atoms with van der Waals surface area (Å²) in [5, 5.41) is 11.3. The number of benzene rings is 3. The van der Waals surface area contributed by atoms with E-state index in [9.17, 15) is 19.2 Å². The molecule has 1 aliphatic heterocycles. The molecule has 0 unspecified atom stereocenters. The van der Waals surface area contributed by atoms with Crippen molar-refractivity contribution in [3.8, 4) is 11.1 Å². The summed E-state index contributed by atoms with van der Waals surface area (Å²) in [5.41, 5.74) is 3.70. The van der Waals surface area contributed by atoms with Gasteiger partial charge >= 0.3 is 12.1 Å². The van der Waals surface area contributed by atoms with Crippen molar-refractivity contribution in [2.75, 3.05) is 16.8 Å². The molecule has 0 fully saturated rings. The normalized spacial score (nSPS) is 14.9. The maximum absolute atomic E-state index is 14.0. The quantitative estimate of drug-likeness (QED) is 0.226. The van der Waals surface area contributed by atoms with Gasteiger partial charge in [0, 0.05) is 29.8 Å². The molecular formula is C36H45N5O5. The Morgan fingerprint density at radius 1 is 0.913 bits per heavy atom. The number of anilines is 2. The lowest BCUT2D eigenvalue weighted by Gasteiger charge is -2.29. The number of carbonyl (C=O) groups excluding carboxylic acids is 4. The van der Waals surface area contributed by atoms with Crippen molar-refractivity contribution in [2.45, 2.75) is 84.5 Å². The van der Waals surface area contributed by atoms with E-state index >= 15 is 0 Å². The molecule has 1 aliphatic rings. The Labute approximate surface area is 271 Å². The first-order chi connectivity index (χ1) is 21.7. The van der Waals surface area contributed by atoms with Crippen LogP contribution in [0.15, 0.2) is 72.8 Å². The zero-order chi connectivity index (χ0) is 33.5. The predicted octanol–water partition coefficient (Wildman–Crippen LogP) is 6.15. The van der Waals surface area contributed by atoms with Crippen LogP contribution in [-0.2, 0) is 27.3 Å². The number of carbonyl (C=O) groups is 4. The van der Waals surface area contributed by atoms with Gasteiger partial charge in [0.15, 0.2) is 0 Å². The molecule has 1 atom stereocenters. The zero-order valence-electron chi connectivity index (χ0n) is 27.5. The predicted molar refractivity (Wildman–Crippen MR) is 181 cm³/mol. The van der Waals surface area contributed by atoms with Gasteiger partial charge < -0.3 is 30.9 Å². The third-order valence-corrected chi connectivity index (χ3v) is 7.44. The van der Waals surface area contributed by atoms with Crippen LogP contribution >= 0.6 is 0 Å². The third-order valence-electron chi connectivity index (χ3n) is 7.44. The SMILES string of the molecule is CCNC(=O)Nc1ccccc1-c1ccc(CN2C(=O)[C@H](NC(=O)CC(C)(C)NC(=O)OC(C)(C)C)CCc3ccccc32)cc1. The fourth-order valence-corrected chi connectivity index (χ4v) is 5.43. The number of nitrogens with zero attached hydrogens (tertiary/aromatic N) is 1. The van der Waals surface area contributed by atoms with Crippen molar-refractivity contribution in [1.82, 2.24) is 16.0 Å². The molecule has 1 heterocycles. The number of hydrogen-bond acceptors (Lipinski definition) is 5. The van der Waals surface area contributed by atoms with Gasteiger partial charge in [0.25, 0.3) is 0 Å². The molecule has 4 N–H and O–H groups in total. The maximum Gasteiger partial charge on any atom is 0.408 e. The van der Waals surface area contributed by atoms with Crippen molar-refractivity contribution >= 4 is 35.3 Å². The first-order valence-electron chi connectivity index (χ1n) is 15.7. The lowest BCUT2D eigenvalue weighted by atomic mass is 9.99. The lowest BCUT2D eigenvalue weighted by molar-refractivity contribution is -0.128. The Balaban J connectivity index is 1.49. The van der Waals surface area contributed by atoms with Gasteiger partial charge in [-0.15, -0.1) is 0 Å². The van der Waals surface area contributed by atoms with Crippen LogP contribution in [0.1, 0.15) is 65.5 Å². The largest absolute Gasteiger partial charge is 0.444 e. The van der Waals surface area contributed by atoms with Gasteiger partial charge in [0.05, 0.1) is 12.2 Å². The Kier molecular flexibility index (Phi) is 10.7. The van der Waals surface area contributed by atoms with E-state index in [4.69, 9.17) is 4.74 Å². The van der Waals surface area contributed by atoms with Gasteiger partial charge in [-0.1, -0.05) is 60.7 Å². The highest BCUT2D eigenvalue weighted by molar-refractivity contribution is 6.00. The molecule has 3 aromatic rings. The van der Waals surface area contributed by atoms with E-state index in [0.717, 1.165) is 27.9 Å². The van der Waals surface area contributed by atoms with Crippen molar-refractivity contribution in [3.63, 3.8) is 0 Å². The van der Waals surface area contributed by atoms with Gasteiger partial charge in [-0.2, -0.15) is 0 Å². The Morgan fingerprint density at radius 3 is 2.28 bits per heavy atom. The van der Waals surface area contributed by atoms with Crippen LogP contribution in [-0.4, -0.2) is 47.7 Å². The minimum Gasteiger partial charge on any atom is -0.444 e. The van der Waals surface area contributed by atoms with Gasteiger partial charge in [0.1, 0.15) is 11.6 Å². The van der Waals surface area contributed by atoms with Crippen molar-refractivity contribution < 1.29 is 23.9 Å². The second-order valence-electron chi connectivity index (χ2n) is 13.1. The van der Waals surface area contributed by atoms with E-state index in [0.29, 0.717) is 31.6 Å². The molecule has 0 aromatic heterocycles. The number of hydrogen-bond donors (Lipinski definition) is 4. The number of urea groups is 1. The fraction of sp³-hybridized carbons (Fsp3) is 0.389. The van der Waals surface area contributed by atoms with E-state index < -0.39 is 23.3 Å². The first-order valence-corrected chi connectivity index (χ1v) is 15.7. The molecule has 244 valence electrons. The van der Waals surface area contributed by atoms with E-state index in [-0.39, 0.29) is 24.3 Å². The van der Waals surface area contributed by atoms with Gasteiger partial charge in [-0.3, -0.25) is 9.59 Å². The maximum atomic E-state index is 14.0. The lowest BCUT2D eigenvalue weighted by Crippen LogP contribution is -2.52. The average molecular weight is 628 g/mol.